The largest absolute Gasteiger partial charge is 0.462 e. The van der Waals surface area contributed by atoms with Gasteiger partial charge in [-0.05, 0) is 62.8 Å². The van der Waals surface area contributed by atoms with Gasteiger partial charge in [0.05, 0.1) is 17.9 Å². The van der Waals surface area contributed by atoms with Gasteiger partial charge in [0.15, 0.2) is 4.80 Å². The van der Waals surface area contributed by atoms with E-state index in [1.165, 1.54) is 10.4 Å². The molecule has 0 N–H and O–H groups in total. The Balaban J connectivity index is 1.72. The maximum absolute atomic E-state index is 12.9. The van der Waals surface area contributed by atoms with E-state index >= 15 is 0 Å². The van der Waals surface area contributed by atoms with E-state index in [1.54, 1.807) is 22.7 Å². The molecule has 168 valence electrons. The van der Waals surface area contributed by atoms with Crippen LogP contribution in [0.3, 0.4) is 0 Å². The number of carbonyl (C=O) groups is 1. The fourth-order valence-electron chi connectivity index (χ4n) is 4.27. The van der Waals surface area contributed by atoms with Gasteiger partial charge in [-0.3, -0.25) is 4.57 Å². The van der Waals surface area contributed by atoms with Crippen LogP contribution in [0.2, 0.25) is 0 Å². The van der Waals surface area contributed by atoms with Crippen LogP contribution in [0.4, 0.5) is 5.00 Å². The van der Waals surface area contributed by atoms with E-state index in [9.17, 15) is 4.79 Å². The Morgan fingerprint density at radius 2 is 1.82 bits per heavy atom. The molecule has 0 spiro atoms. The molecule has 0 saturated heterocycles. The molecule has 0 aliphatic heterocycles. The highest BCUT2D eigenvalue weighted by atomic mass is 32.1. The van der Waals surface area contributed by atoms with Crippen LogP contribution in [0, 0.1) is 6.92 Å². The molecule has 0 atom stereocenters. The molecule has 0 saturated carbocycles. The quantitative estimate of drug-likeness (QED) is 0.296. The number of nitrogens with zero attached hydrogens (tertiary/aromatic N) is 2. The molecule has 1 aliphatic rings. The van der Waals surface area contributed by atoms with E-state index < -0.39 is 0 Å². The highest BCUT2D eigenvalue weighted by Crippen LogP contribution is 2.40. The van der Waals surface area contributed by atoms with E-state index in [2.05, 4.69) is 53.3 Å². The summed E-state index contributed by atoms with van der Waals surface area (Å²) in [5, 5.41) is 2.91. The molecule has 33 heavy (non-hydrogen) atoms. The number of rotatable bonds is 5. The third-order valence-corrected chi connectivity index (χ3v) is 7.91. The molecular formula is C27H26N2O2S2. The summed E-state index contributed by atoms with van der Waals surface area (Å²) in [7, 11) is 0. The highest BCUT2D eigenvalue weighted by Gasteiger charge is 2.26. The van der Waals surface area contributed by atoms with Crippen LogP contribution >= 0.6 is 22.7 Å². The summed E-state index contributed by atoms with van der Waals surface area (Å²) in [5.74, 6) is -0.253. The summed E-state index contributed by atoms with van der Waals surface area (Å²) >= 11 is 3.24. The van der Waals surface area contributed by atoms with Gasteiger partial charge in [-0.1, -0.05) is 48.0 Å². The van der Waals surface area contributed by atoms with E-state index in [0.29, 0.717) is 12.2 Å². The number of thiophene rings is 1. The van der Waals surface area contributed by atoms with Crippen molar-refractivity contribution in [3.05, 3.63) is 86.3 Å². The summed E-state index contributed by atoms with van der Waals surface area (Å²) < 4.78 is 7.62. The van der Waals surface area contributed by atoms with Crippen molar-refractivity contribution in [3.63, 3.8) is 0 Å². The molecule has 2 heterocycles. The van der Waals surface area contributed by atoms with E-state index in [4.69, 9.17) is 9.73 Å². The predicted molar refractivity (Wildman–Crippen MR) is 136 cm³/mol. The Morgan fingerprint density at radius 3 is 2.58 bits per heavy atom. The first-order valence-electron chi connectivity index (χ1n) is 11.3. The molecule has 0 radical (unpaired) electrons. The lowest BCUT2D eigenvalue weighted by atomic mass is 9.95. The number of aromatic nitrogens is 1. The van der Waals surface area contributed by atoms with Crippen LogP contribution < -0.4 is 4.80 Å². The van der Waals surface area contributed by atoms with Crippen molar-refractivity contribution in [1.29, 1.82) is 0 Å². The minimum absolute atomic E-state index is 0.253. The van der Waals surface area contributed by atoms with Crippen molar-refractivity contribution in [1.82, 2.24) is 4.57 Å². The number of thiazole rings is 1. The van der Waals surface area contributed by atoms with Crippen LogP contribution in [0.15, 0.2) is 65.0 Å². The zero-order valence-corrected chi connectivity index (χ0v) is 20.5. The van der Waals surface area contributed by atoms with E-state index in [-0.39, 0.29) is 5.97 Å². The molecular weight excluding hydrogens is 448 g/mol. The number of benzene rings is 2. The van der Waals surface area contributed by atoms with Crippen LogP contribution in [0.1, 0.15) is 46.1 Å². The molecule has 5 rings (SSSR count). The molecule has 0 fully saturated rings. The minimum atomic E-state index is -0.253. The number of esters is 1. The molecule has 4 aromatic rings. The zero-order chi connectivity index (χ0) is 22.8. The SMILES string of the molecule is CCOC(=O)c1c(N=c2scc(-c3ccc(C)cc3)n2-c2ccccc2)sc2c1CCCC2. The van der Waals surface area contributed by atoms with Crippen molar-refractivity contribution < 1.29 is 9.53 Å². The second kappa shape index (κ2) is 9.49. The van der Waals surface area contributed by atoms with Crippen LogP contribution in [0.25, 0.3) is 16.9 Å². The minimum Gasteiger partial charge on any atom is -0.462 e. The second-order valence-corrected chi connectivity index (χ2v) is 10.1. The number of aryl methyl sites for hydroxylation is 2. The summed E-state index contributed by atoms with van der Waals surface area (Å²) in [6.45, 7) is 4.31. The van der Waals surface area contributed by atoms with Gasteiger partial charge in [-0.2, -0.15) is 0 Å². The molecule has 1 aliphatic carbocycles. The Hall–Kier alpha value is -2.96. The van der Waals surface area contributed by atoms with Crippen LogP contribution in [-0.4, -0.2) is 17.1 Å². The number of carbonyl (C=O) groups excluding carboxylic acids is 1. The summed E-state index contributed by atoms with van der Waals surface area (Å²) in [5.41, 5.74) is 6.31. The fraction of sp³-hybridized carbons (Fsp3) is 0.259. The van der Waals surface area contributed by atoms with Crippen molar-refractivity contribution in [2.45, 2.75) is 39.5 Å². The fourth-order valence-corrected chi connectivity index (χ4v) is 6.49. The lowest BCUT2D eigenvalue weighted by Gasteiger charge is -2.12. The monoisotopic (exact) mass is 474 g/mol. The van der Waals surface area contributed by atoms with Crippen molar-refractivity contribution in [2.75, 3.05) is 6.61 Å². The average molecular weight is 475 g/mol. The molecule has 0 unspecified atom stereocenters. The van der Waals surface area contributed by atoms with Gasteiger partial charge in [0.1, 0.15) is 5.00 Å². The topological polar surface area (TPSA) is 43.6 Å². The standard InChI is InChI=1S/C27H26N2O2S2/c1-3-31-26(30)24-21-11-7-8-12-23(21)33-25(24)28-27-29(20-9-5-4-6-10-20)22(17-32-27)19-15-13-18(2)14-16-19/h4-6,9-10,13-17H,3,7-8,11-12H2,1-2H3. The normalized spacial score (nSPS) is 13.7. The Morgan fingerprint density at radius 1 is 1.06 bits per heavy atom. The molecule has 0 amide bonds. The van der Waals surface area contributed by atoms with Gasteiger partial charge < -0.3 is 4.74 Å². The second-order valence-electron chi connectivity index (χ2n) is 8.16. The first-order valence-corrected chi connectivity index (χ1v) is 13.0. The van der Waals surface area contributed by atoms with Gasteiger partial charge in [-0.25, -0.2) is 9.79 Å². The number of ether oxygens (including phenoxy) is 1. The smallest absolute Gasteiger partial charge is 0.341 e. The van der Waals surface area contributed by atoms with Gasteiger partial charge in [0, 0.05) is 15.9 Å². The van der Waals surface area contributed by atoms with Crippen molar-refractivity contribution in [3.8, 4) is 16.9 Å². The molecule has 2 aromatic heterocycles. The van der Waals surface area contributed by atoms with Gasteiger partial charge in [0.25, 0.3) is 0 Å². The first-order chi connectivity index (χ1) is 16.2. The lowest BCUT2D eigenvalue weighted by molar-refractivity contribution is 0.0526. The third kappa shape index (κ3) is 4.33. The Kier molecular flexibility index (Phi) is 6.29. The van der Waals surface area contributed by atoms with Gasteiger partial charge in [0.2, 0.25) is 0 Å². The number of para-hydroxylation sites is 1. The summed E-state index contributed by atoms with van der Waals surface area (Å²) in [4.78, 5) is 20.1. The number of fused-ring (bicyclic) bond motifs is 1. The number of hydrogen-bond donors (Lipinski definition) is 0. The lowest BCUT2D eigenvalue weighted by Crippen LogP contribution is -2.14. The molecule has 6 heteroatoms. The maximum atomic E-state index is 12.9. The third-order valence-electron chi connectivity index (χ3n) is 5.90. The predicted octanol–water partition coefficient (Wildman–Crippen LogP) is 6.86. The Labute approximate surface area is 201 Å². The van der Waals surface area contributed by atoms with E-state index in [0.717, 1.165) is 58.0 Å². The van der Waals surface area contributed by atoms with Crippen LogP contribution in [0.5, 0.6) is 0 Å². The first kappa shape index (κ1) is 21.9. The molecule has 4 nitrogen and oxygen atoms in total. The van der Waals surface area contributed by atoms with E-state index in [1.807, 2.05) is 25.1 Å². The van der Waals surface area contributed by atoms with Gasteiger partial charge >= 0.3 is 5.97 Å². The summed E-state index contributed by atoms with van der Waals surface area (Å²) in [6.07, 6.45) is 4.21. The molecule has 2 aromatic carbocycles. The Bertz CT molecular complexity index is 1350. The van der Waals surface area contributed by atoms with Gasteiger partial charge in [-0.15, -0.1) is 22.7 Å². The van der Waals surface area contributed by atoms with Crippen molar-refractivity contribution >= 4 is 33.6 Å². The zero-order valence-electron chi connectivity index (χ0n) is 18.8. The highest BCUT2D eigenvalue weighted by molar-refractivity contribution is 7.16. The molecule has 0 bridgehead atoms. The average Bonchev–Trinajstić information content (AvgIpc) is 3.41. The number of hydrogen-bond acceptors (Lipinski definition) is 5. The van der Waals surface area contributed by atoms with Crippen LogP contribution in [-0.2, 0) is 17.6 Å². The maximum Gasteiger partial charge on any atom is 0.341 e. The van der Waals surface area contributed by atoms with Crippen molar-refractivity contribution in [2.24, 2.45) is 4.99 Å². The summed E-state index contributed by atoms with van der Waals surface area (Å²) in [6, 6.07) is 18.8.